The molecule has 1 aromatic rings. The predicted molar refractivity (Wildman–Crippen MR) is 61.9 cm³/mol. The fourth-order valence-electron chi connectivity index (χ4n) is 2.64. The van der Waals surface area contributed by atoms with E-state index < -0.39 is 0 Å². The SMILES string of the molecule is CCCC(C)c1c2c(nn1C)CCNC2. The molecule has 0 fully saturated rings. The van der Waals surface area contributed by atoms with Gasteiger partial charge in [0.1, 0.15) is 0 Å². The summed E-state index contributed by atoms with van der Waals surface area (Å²) >= 11 is 0. The van der Waals surface area contributed by atoms with Crippen LogP contribution in [-0.4, -0.2) is 16.3 Å². The van der Waals surface area contributed by atoms with Gasteiger partial charge in [0.05, 0.1) is 5.69 Å². The standard InChI is InChI=1S/C12H21N3/c1-4-5-9(2)12-10-8-13-7-6-11(10)14-15(12)3/h9,13H,4-8H2,1-3H3. The van der Waals surface area contributed by atoms with Crippen LogP contribution in [0.25, 0.3) is 0 Å². The second-order valence-corrected chi connectivity index (χ2v) is 4.55. The summed E-state index contributed by atoms with van der Waals surface area (Å²) in [7, 11) is 2.08. The van der Waals surface area contributed by atoms with E-state index in [-0.39, 0.29) is 0 Å². The van der Waals surface area contributed by atoms with Gasteiger partial charge >= 0.3 is 0 Å². The fourth-order valence-corrected chi connectivity index (χ4v) is 2.64. The number of nitrogens with one attached hydrogen (secondary N) is 1. The zero-order valence-electron chi connectivity index (χ0n) is 10.0. The largest absolute Gasteiger partial charge is 0.312 e. The van der Waals surface area contributed by atoms with Crippen LogP contribution in [0.1, 0.15) is 49.6 Å². The van der Waals surface area contributed by atoms with Crippen molar-refractivity contribution >= 4 is 0 Å². The number of rotatable bonds is 3. The zero-order valence-corrected chi connectivity index (χ0v) is 10.0. The number of aryl methyl sites for hydroxylation is 1. The van der Waals surface area contributed by atoms with E-state index in [2.05, 4.69) is 36.0 Å². The smallest absolute Gasteiger partial charge is 0.0685 e. The molecule has 1 aromatic heterocycles. The van der Waals surface area contributed by atoms with Crippen LogP contribution >= 0.6 is 0 Å². The van der Waals surface area contributed by atoms with Crippen molar-refractivity contribution in [2.75, 3.05) is 6.54 Å². The van der Waals surface area contributed by atoms with Gasteiger partial charge in [-0.1, -0.05) is 20.3 Å². The Kier molecular flexibility index (Phi) is 3.10. The first-order valence-electron chi connectivity index (χ1n) is 5.99. The van der Waals surface area contributed by atoms with E-state index in [4.69, 9.17) is 0 Å². The minimum absolute atomic E-state index is 0.635. The molecule has 1 N–H and O–H groups in total. The first-order valence-corrected chi connectivity index (χ1v) is 5.99. The molecule has 84 valence electrons. The third-order valence-corrected chi connectivity index (χ3v) is 3.31. The van der Waals surface area contributed by atoms with Crippen molar-refractivity contribution < 1.29 is 0 Å². The second kappa shape index (κ2) is 4.35. The van der Waals surface area contributed by atoms with Crippen LogP contribution < -0.4 is 5.32 Å². The lowest BCUT2D eigenvalue weighted by Crippen LogP contribution is -2.24. The van der Waals surface area contributed by atoms with Crippen molar-refractivity contribution in [3.05, 3.63) is 17.0 Å². The molecule has 0 saturated heterocycles. The molecule has 1 aliphatic rings. The average molecular weight is 207 g/mol. The first-order chi connectivity index (χ1) is 7.24. The molecule has 1 atom stereocenters. The van der Waals surface area contributed by atoms with Crippen molar-refractivity contribution in [3.63, 3.8) is 0 Å². The van der Waals surface area contributed by atoms with Gasteiger partial charge in [-0.15, -0.1) is 0 Å². The van der Waals surface area contributed by atoms with Crippen LogP contribution in [0.4, 0.5) is 0 Å². The minimum Gasteiger partial charge on any atom is -0.312 e. The molecule has 2 rings (SSSR count). The van der Waals surface area contributed by atoms with Gasteiger partial charge < -0.3 is 5.32 Å². The molecular weight excluding hydrogens is 186 g/mol. The van der Waals surface area contributed by atoms with Gasteiger partial charge in [-0.05, 0) is 12.3 Å². The lowest BCUT2D eigenvalue weighted by Gasteiger charge is -2.16. The van der Waals surface area contributed by atoms with Gasteiger partial charge in [0.25, 0.3) is 0 Å². The van der Waals surface area contributed by atoms with E-state index in [1.807, 2.05) is 0 Å². The summed E-state index contributed by atoms with van der Waals surface area (Å²) in [5.74, 6) is 0.635. The lowest BCUT2D eigenvalue weighted by molar-refractivity contribution is 0.584. The molecule has 0 aliphatic carbocycles. The van der Waals surface area contributed by atoms with Gasteiger partial charge in [-0.25, -0.2) is 0 Å². The molecule has 2 heterocycles. The Balaban J connectivity index is 2.32. The Bertz CT molecular complexity index is 341. The van der Waals surface area contributed by atoms with E-state index in [1.54, 1.807) is 0 Å². The molecule has 0 aromatic carbocycles. The minimum atomic E-state index is 0.635. The van der Waals surface area contributed by atoms with Gasteiger partial charge in [-0.2, -0.15) is 5.10 Å². The fraction of sp³-hybridized carbons (Fsp3) is 0.750. The number of hydrogen-bond acceptors (Lipinski definition) is 2. The quantitative estimate of drug-likeness (QED) is 0.821. The topological polar surface area (TPSA) is 29.9 Å². The van der Waals surface area contributed by atoms with E-state index in [1.165, 1.54) is 29.8 Å². The van der Waals surface area contributed by atoms with E-state index >= 15 is 0 Å². The monoisotopic (exact) mass is 207 g/mol. The third kappa shape index (κ3) is 1.93. The molecule has 1 unspecified atom stereocenters. The normalized spacial score (nSPS) is 17.5. The molecule has 0 amide bonds. The van der Waals surface area contributed by atoms with Crippen LogP contribution in [-0.2, 0) is 20.0 Å². The highest BCUT2D eigenvalue weighted by Gasteiger charge is 2.21. The number of fused-ring (bicyclic) bond motifs is 1. The van der Waals surface area contributed by atoms with Crippen molar-refractivity contribution in [2.45, 2.75) is 45.6 Å². The first kappa shape index (κ1) is 10.7. The van der Waals surface area contributed by atoms with Crippen LogP contribution in [0.2, 0.25) is 0 Å². The number of hydrogen-bond donors (Lipinski definition) is 1. The molecular formula is C12H21N3. The van der Waals surface area contributed by atoms with Gasteiger partial charge in [0.2, 0.25) is 0 Å². The van der Waals surface area contributed by atoms with E-state index in [0.29, 0.717) is 5.92 Å². The van der Waals surface area contributed by atoms with Gasteiger partial charge in [0.15, 0.2) is 0 Å². The Labute approximate surface area is 91.9 Å². The van der Waals surface area contributed by atoms with E-state index in [0.717, 1.165) is 19.5 Å². The maximum Gasteiger partial charge on any atom is 0.0685 e. The van der Waals surface area contributed by atoms with Crippen LogP contribution in [0.15, 0.2) is 0 Å². The third-order valence-electron chi connectivity index (χ3n) is 3.31. The van der Waals surface area contributed by atoms with Crippen molar-refractivity contribution in [1.82, 2.24) is 15.1 Å². The number of nitrogens with zero attached hydrogens (tertiary/aromatic N) is 2. The Morgan fingerprint density at radius 3 is 3.07 bits per heavy atom. The summed E-state index contributed by atoms with van der Waals surface area (Å²) in [5.41, 5.74) is 4.22. The number of aromatic nitrogens is 2. The summed E-state index contributed by atoms with van der Waals surface area (Å²) in [6.45, 7) is 6.64. The average Bonchev–Trinajstić information content (AvgIpc) is 2.54. The van der Waals surface area contributed by atoms with Crippen molar-refractivity contribution in [2.24, 2.45) is 7.05 Å². The molecule has 0 bridgehead atoms. The zero-order chi connectivity index (χ0) is 10.8. The van der Waals surface area contributed by atoms with Crippen LogP contribution in [0.5, 0.6) is 0 Å². The second-order valence-electron chi connectivity index (χ2n) is 4.55. The Morgan fingerprint density at radius 1 is 1.53 bits per heavy atom. The Morgan fingerprint density at radius 2 is 2.33 bits per heavy atom. The highest BCUT2D eigenvalue weighted by molar-refractivity contribution is 5.30. The van der Waals surface area contributed by atoms with Gasteiger partial charge in [0, 0.05) is 37.8 Å². The van der Waals surface area contributed by atoms with Crippen molar-refractivity contribution in [1.29, 1.82) is 0 Å². The molecule has 1 aliphatic heterocycles. The molecule has 0 radical (unpaired) electrons. The van der Waals surface area contributed by atoms with Gasteiger partial charge in [-0.3, -0.25) is 4.68 Å². The lowest BCUT2D eigenvalue weighted by atomic mass is 9.95. The molecule has 15 heavy (non-hydrogen) atoms. The predicted octanol–water partition coefficient (Wildman–Crippen LogP) is 1.97. The molecule has 3 nitrogen and oxygen atoms in total. The highest BCUT2D eigenvalue weighted by Crippen LogP contribution is 2.27. The summed E-state index contributed by atoms with van der Waals surface area (Å²) in [6, 6.07) is 0. The summed E-state index contributed by atoms with van der Waals surface area (Å²) in [6.07, 6.45) is 3.59. The van der Waals surface area contributed by atoms with E-state index in [9.17, 15) is 0 Å². The van der Waals surface area contributed by atoms with Crippen LogP contribution in [0, 0.1) is 0 Å². The van der Waals surface area contributed by atoms with Crippen molar-refractivity contribution in [3.8, 4) is 0 Å². The summed E-state index contributed by atoms with van der Waals surface area (Å²) < 4.78 is 2.10. The molecule has 0 spiro atoms. The molecule has 0 saturated carbocycles. The maximum atomic E-state index is 4.63. The Hall–Kier alpha value is -0.830. The summed E-state index contributed by atoms with van der Waals surface area (Å²) in [5, 5.41) is 8.07. The summed E-state index contributed by atoms with van der Waals surface area (Å²) in [4.78, 5) is 0. The van der Waals surface area contributed by atoms with Crippen LogP contribution in [0.3, 0.4) is 0 Å². The maximum absolute atomic E-state index is 4.63. The highest BCUT2D eigenvalue weighted by atomic mass is 15.3. The molecule has 3 heteroatoms.